The molecule has 0 radical (unpaired) electrons. The third kappa shape index (κ3) is 2.43. The van der Waals surface area contributed by atoms with Gasteiger partial charge in [-0.3, -0.25) is 4.79 Å². The lowest BCUT2D eigenvalue weighted by atomic mass is 10.1. The van der Waals surface area contributed by atoms with Crippen molar-refractivity contribution in [2.75, 3.05) is 0 Å². The van der Waals surface area contributed by atoms with Crippen molar-refractivity contribution in [2.24, 2.45) is 0 Å². The summed E-state index contributed by atoms with van der Waals surface area (Å²) >= 11 is 0. The van der Waals surface area contributed by atoms with E-state index in [1.54, 1.807) is 11.0 Å². The van der Waals surface area contributed by atoms with Gasteiger partial charge in [-0.25, -0.2) is 14.6 Å². The largest absolute Gasteiger partial charge is 0.350 e. The van der Waals surface area contributed by atoms with Gasteiger partial charge in [0.05, 0.1) is 5.69 Å². The zero-order valence-electron chi connectivity index (χ0n) is 11.7. The summed E-state index contributed by atoms with van der Waals surface area (Å²) in [6, 6.07) is -0.196. The Morgan fingerprint density at radius 1 is 1.55 bits per heavy atom. The summed E-state index contributed by atoms with van der Waals surface area (Å²) in [4.78, 5) is 20.5. The molecule has 7 nitrogen and oxygen atoms in total. The highest BCUT2D eigenvalue weighted by Crippen LogP contribution is 2.15. The molecule has 2 aromatic heterocycles. The molecule has 0 fully saturated rings. The number of aryl methyl sites for hydroxylation is 2. The number of hydrogen-bond acceptors (Lipinski definition) is 4. The van der Waals surface area contributed by atoms with Gasteiger partial charge in [-0.1, -0.05) is 0 Å². The van der Waals surface area contributed by atoms with Gasteiger partial charge in [-0.2, -0.15) is 5.10 Å². The first kappa shape index (κ1) is 12.8. The molecule has 7 heteroatoms. The van der Waals surface area contributed by atoms with E-state index in [-0.39, 0.29) is 18.0 Å². The van der Waals surface area contributed by atoms with Crippen molar-refractivity contribution in [3.05, 3.63) is 30.4 Å². The highest BCUT2D eigenvalue weighted by Gasteiger charge is 2.24. The predicted octanol–water partition coefficient (Wildman–Crippen LogP) is 0.475. The average Bonchev–Trinajstić information content (AvgIpc) is 3.05. The number of carbonyl (C=O) groups excluding carboxylic acids is 1. The fourth-order valence-corrected chi connectivity index (χ4v) is 2.56. The number of rotatable bonds is 3. The van der Waals surface area contributed by atoms with Crippen LogP contribution in [0.3, 0.4) is 0 Å². The lowest BCUT2D eigenvalue weighted by Crippen LogP contribution is -2.43. The maximum Gasteiger partial charge on any atom is 0.244 e. The van der Waals surface area contributed by atoms with E-state index in [4.69, 9.17) is 0 Å². The van der Waals surface area contributed by atoms with E-state index in [9.17, 15) is 4.79 Å². The van der Waals surface area contributed by atoms with E-state index in [2.05, 4.69) is 25.0 Å². The Morgan fingerprint density at radius 3 is 3.15 bits per heavy atom. The van der Waals surface area contributed by atoms with Crippen molar-refractivity contribution in [3.8, 4) is 0 Å². The molecule has 106 valence electrons. The van der Waals surface area contributed by atoms with Crippen LogP contribution in [-0.4, -0.2) is 36.3 Å². The summed E-state index contributed by atoms with van der Waals surface area (Å²) < 4.78 is 3.69. The monoisotopic (exact) mass is 274 g/mol. The summed E-state index contributed by atoms with van der Waals surface area (Å²) in [5.74, 6) is 1.08. The third-order valence-electron chi connectivity index (χ3n) is 3.67. The van der Waals surface area contributed by atoms with E-state index < -0.39 is 0 Å². The molecule has 1 amide bonds. The van der Waals surface area contributed by atoms with Crippen LogP contribution in [0.5, 0.6) is 0 Å². The van der Waals surface area contributed by atoms with Crippen molar-refractivity contribution in [3.63, 3.8) is 0 Å². The van der Waals surface area contributed by atoms with Crippen LogP contribution >= 0.6 is 0 Å². The summed E-state index contributed by atoms with van der Waals surface area (Å²) in [6.45, 7) is 4.59. The van der Waals surface area contributed by atoms with Crippen LogP contribution in [0.15, 0.2) is 18.9 Å². The Kier molecular flexibility index (Phi) is 3.25. The zero-order chi connectivity index (χ0) is 14.1. The maximum atomic E-state index is 12.2. The van der Waals surface area contributed by atoms with Gasteiger partial charge in [-0.05, 0) is 20.3 Å². The fraction of sp³-hybridized carbons (Fsp3) is 0.538. The molecular weight excluding hydrogens is 256 g/mol. The molecule has 0 saturated heterocycles. The second-order valence-electron chi connectivity index (χ2n) is 5.25. The fourth-order valence-electron chi connectivity index (χ4n) is 2.56. The van der Waals surface area contributed by atoms with E-state index in [0.717, 1.165) is 30.9 Å². The number of fused-ring (bicyclic) bond motifs is 1. The molecule has 0 aromatic carbocycles. The molecule has 0 aliphatic carbocycles. The summed E-state index contributed by atoms with van der Waals surface area (Å²) in [6.07, 6.45) is 6.85. The smallest absolute Gasteiger partial charge is 0.244 e. The number of aromatic nitrogens is 5. The number of imidazole rings is 1. The SMILES string of the molecule is Cc1cn2c(n1)CC[C@H](NC(=O)[C@@H](C)n1cncn1)C2. The highest BCUT2D eigenvalue weighted by atomic mass is 16.2. The lowest BCUT2D eigenvalue weighted by molar-refractivity contribution is -0.125. The van der Waals surface area contributed by atoms with Gasteiger partial charge in [0.1, 0.15) is 24.5 Å². The van der Waals surface area contributed by atoms with E-state index in [1.165, 1.54) is 6.33 Å². The van der Waals surface area contributed by atoms with E-state index in [0.29, 0.717) is 0 Å². The molecule has 0 saturated carbocycles. The minimum absolute atomic E-state index is 0.0270. The second kappa shape index (κ2) is 5.07. The summed E-state index contributed by atoms with van der Waals surface area (Å²) in [5, 5.41) is 7.08. The van der Waals surface area contributed by atoms with Crippen LogP contribution in [-0.2, 0) is 17.8 Å². The summed E-state index contributed by atoms with van der Waals surface area (Å²) in [5.41, 5.74) is 1.03. The van der Waals surface area contributed by atoms with Crippen LogP contribution in [0.1, 0.15) is 30.9 Å². The lowest BCUT2D eigenvalue weighted by Gasteiger charge is -2.26. The normalized spacial score (nSPS) is 19.4. The van der Waals surface area contributed by atoms with Crippen LogP contribution in [0, 0.1) is 6.92 Å². The molecular formula is C13H18N6O. The molecule has 2 aromatic rings. The van der Waals surface area contributed by atoms with Gasteiger partial charge in [0, 0.05) is 25.2 Å². The molecule has 3 heterocycles. The standard InChI is InChI=1S/C13H18N6O/c1-9-5-18-6-11(3-4-12(18)16-9)17-13(20)10(2)19-8-14-7-15-19/h5,7-8,10-11H,3-4,6H2,1-2H3,(H,17,20)/t10-,11+/m1/s1. The van der Waals surface area contributed by atoms with Gasteiger partial charge < -0.3 is 9.88 Å². The molecule has 3 rings (SSSR count). The van der Waals surface area contributed by atoms with Gasteiger partial charge in [-0.15, -0.1) is 0 Å². The van der Waals surface area contributed by atoms with Crippen LogP contribution in [0.2, 0.25) is 0 Å². The Balaban J connectivity index is 1.63. The molecule has 1 aliphatic heterocycles. The molecule has 20 heavy (non-hydrogen) atoms. The third-order valence-corrected chi connectivity index (χ3v) is 3.67. The molecule has 2 atom stereocenters. The van der Waals surface area contributed by atoms with E-state index >= 15 is 0 Å². The number of amides is 1. The highest BCUT2D eigenvalue weighted by molar-refractivity contribution is 5.80. The predicted molar refractivity (Wildman–Crippen MR) is 71.9 cm³/mol. The van der Waals surface area contributed by atoms with Gasteiger partial charge in [0.15, 0.2) is 0 Å². The molecule has 0 unspecified atom stereocenters. The van der Waals surface area contributed by atoms with Crippen molar-refractivity contribution in [1.82, 2.24) is 29.6 Å². The Morgan fingerprint density at radius 2 is 2.40 bits per heavy atom. The first-order valence-electron chi connectivity index (χ1n) is 6.80. The van der Waals surface area contributed by atoms with Crippen LogP contribution in [0.25, 0.3) is 0 Å². The Hall–Kier alpha value is -2.18. The average molecular weight is 274 g/mol. The Bertz CT molecular complexity index is 602. The number of nitrogens with one attached hydrogen (secondary N) is 1. The van der Waals surface area contributed by atoms with Crippen molar-refractivity contribution in [1.29, 1.82) is 0 Å². The molecule has 1 N–H and O–H groups in total. The number of carbonyl (C=O) groups is 1. The van der Waals surface area contributed by atoms with Gasteiger partial charge >= 0.3 is 0 Å². The minimum Gasteiger partial charge on any atom is -0.350 e. The van der Waals surface area contributed by atoms with Crippen molar-refractivity contribution < 1.29 is 4.79 Å². The number of hydrogen-bond donors (Lipinski definition) is 1. The minimum atomic E-state index is -0.344. The number of nitrogens with zero attached hydrogens (tertiary/aromatic N) is 5. The molecule has 0 bridgehead atoms. The molecule has 0 spiro atoms. The van der Waals surface area contributed by atoms with Crippen LogP contribution in [0.4, 0.5) is 0 Å². The summed E-state index contributed by atoms with van der Waals surface area (Å²) in [7, 11) is 0. The quantitative estimate of drug-likeness (QED) is 0.883. The first-order valence-corrected chi connectivity index (χ1v) is 6.80. The van der Waals surface area contributed by atoms with Crippen molar-refractivity contribution in [2.45, 2.75) is 45.3 Å². The second-order valence-corrected chi connectivity index (χ2v) is 5.25. The van der Waals surface area contributed by atoms with E-state index in [1.807, 2.05) is 20.0 Å². The maximum absolute atomic E-state index is 12.2. The zero-order valence-corrected chi connectivity index (χ0v) is 11.7. The topological polar surface area (TPSA) is 77.6 Å². The first-order chi connectivity index (χ1) is 9.63. The van der Waals surface area contributed by atoms with Crippen molar-refractivity contribution >= 4 is 5.91 Å². The van der Waals surface area contributed by atoms with Gasteiger partial charge in [0.25, 0.3) is 0 Å². The Labute approximate surface area is 117 Å². The molecule has 1 aliphatic rings. The van der Waals surface area contributed by atoms with Crippen LogP contribution < -0.4 is 5.32 Å². The van der Waals surface area contributed by atoms with Gasteiger partial charge in [0.2, 0.25) is 5.91 Å².